The Kier molecular flexibility index (Phi) is 5.18. The van der Waals surface area contributed by atoms with Gasteiger partial charge in [-0.1, -0.05) is 24.3 Å². The molecule has 2 aromatic carbocycles. The molecule has 7 heteroatoms. The van der Waals surface area contributed by atoms with Gasteiger partial charge in [-0.05, 0) is 48.2 Å². The van der Waals surface area contributed by atoms with Gasteiger partial charge >= 0.3 is 0 Å². The topological polar surface area (TPSA) is 88.3 Å². The number of nitrogens with one attached hydrogen (secondary N) is 2. The molecule has 1 aliphatic carbocycles. The zero-order chi connectivity index (χ0) is 21.3. The number of ketones is 1. The molecule has 0 fully saturated rings. The molecule has 0 saturated carbocycles. The molecule has 4 rings (SSSR count). The van der Waals surface area contributed by atoms with Crippen molar-refractivity contribution in [1.82, 2.24) is 4.98 Å². The first-order chi connectivity index (χ1) is 14.5. The maximum atomic E-state index is 13.8. The van der Waals surface area contributed by atoms with Gasteiger partial charge in [-0.15, -0.1) is 0 Å². The molecule has 30 heavy (non-hydrogen) atoms. The van der Waals surface area contributed by atoms with Crippen molar-refractivity contribution in [3.05, 3.63) is 93.2 Å². The van der Waals surface area contributed by atoms with Gasteiger partial charge < -0.3 is 15.0 Å². The molecule has 0 bridgehead atoms. The number of anilines is 1. The summed E-state index contributed by atoms with van der Waals surface area (Å²) in [7, 11) is 1.58. The first-order valence-corrected chi connectivity index (χ1v) is 9.45. The highest BCUT2D eigenvalue weighted by atomic mass is 19.1. The first kappa shape index (κ1) is 19.6. The summed E-state index contributed by atoms with van der Waals surface area (Å²) in [4.78, 5) is 40.4. The van der Waals surface area contributed by atoms with Crippen LogP contribution < -0.4 is 15.6 Å². The minimum absolute atomic E-state index is 0.0366. The third kappa shape index (κ3) is 3.74. The number of methoxy groups -OCH3 is 1. The Balaban J connectivity index is 1.61. The van der Waals surface area contributed by atoms with Crippen LogP contribution in [-0.4, -0.2) is 23.8 Å². The van der Waals surface area contributed by atoms with E-state index in [-0.39, 0.29) is 29.4 Å². The molecule has 0 spiro atoms. The molecule has 1 atom stereocenters. The zero-order valence-electron chi connectivity index (χ0n) is 16.2. The standard InChI is InChI=1S/C23H19FN2O4/c1-30-15-8-6-13(7-9-15)14-10-20-16(21(27)11-14)12-17(23(29)26-20)22(28)25-19-5-3-2-4-18(19)24/h2-9,12,14H,10-11H2,1H3,(H,25,28)(H,26,29). The first-order valence-electron chi connectivity index (χ1n) is 9.45. The van der Waals surface area contributed by atoms with Crippen molar-refractivity contribution in [2.75, 3.05) is 12.4 Å². The lowest BCUT2D eigenvalue weighted by molar-refractivity contribution is 0.0963. The largest absolute Gasteiger partial charge is 0.497 e. The number of benzene rings is 2. The number of hydrogen-bond donors (Lipinski definition) is 2. The molecule has 0 aliphatic heterocycles. The number of H-pyrrole nitrogens is 1. The minimum Gasteiger partial charge on any atom is -0.497 e. The second-order valence-electron chi connectivity index (χ2n) is 7.14. The van der Waals surface area contributed by atoms with Crippen molar-refractivity contribution < 1.29 is 18.7 Å². The summed E-state index contributed by atoms with van der Waals surface area (Å²) in [6.45, 7) is 0. The van der Waals surface area contributed by atoms with Crippen LogP contribution in [0, 0.1) is 5.82 Å². The number of amides is 1. The number of para-hydroxylation sites is 1. The summed E-state index contributed by atoms with van der Waals surface area (Å²) in [6.07, 6.45) is 0.734. The highest BCUT2D eigenvalue weighted by Crippen LogP contribution is 2.32. The van der Waals surface area contributed by atoms with Crippen molar-refractivity contribution in [3.63, 3.8) is 0 Å². The summed E-state index contributed by atoms with van der Waals surface area (Å²) in [5.41, 5.74) is 0.902. The summed E-state index contributed by atoms with van der Waals surface area (Å²) >= 11 is 0. The molecule has 6 nitrogen and oxygen atoms in total. The monoisotopic (exact) mass is 406 g/mol. The van der Waals surface area contributed by atoms with E-state index in [0.717, 1.165) is 11.3 Å². The summed E-state index contributed by atoms with van der Waals surface area (Å²) < 4.78 is 19.0. The number of Topliss-reactive ketones (excluding diaryl/α,β-unsaturated/α-hetero) is 1. The molecular weight excluding hydrogens is 387 g/mol. The Morgan fingerprint density at radius 1 is 1.10 bits per heavy atom. The van der Waals surface area contributed by atoms with Crippen LogP contribution >= 0.6 is 0 Å². The Hall–Kier alpha value is -3.74. The number of fused-ring (bicyclic) bond motifs is 1. The number of carbonyl (C=O) groups is 2. The van der Waals surface area contributed by atoms with E-state index in [0.29, 0.717) is 17.7 Å². The highest BCUT2D eigenvalue weighted by molar-refractivity contribution is 6.06. The number of ether oxygens (including phenoxy) is 1. The smallest absolute Gasteiger partial charge is 0.261 e. The van der Waals surface area contributed by atoms with Crippen LogP contribution in [-0.2, 0) is 6.42 Å². The third-order valence-corrected chi connectivity index (χ3v) is 5.26. The van der Waals surface area contributed by atoms with Crippen molar-refractivity contribution in [1.29, 1.82) is 0 Å². The lowest BCUT2D eigenvalue weighted by Gasteiger charge is -2.24. The fourth-order valence-corrected chi connectivity index (χ4v) is 3.66. The van der Waals surface area contributed by atoms with Gasteiger partial charge in [0, 0.05) is 17.7 Å². The SMILES string of the molecule is COc1ccc(C2CC(=O)c3cc(C(=O)Nc4ccccc4F)c(=O)[nH]c3C2)cc1. The average Bonchev–Trinajstić information content (AvgIpc) is 2.74. The quantitative estimate of drug-likeness (QED) is 0.692. The number of rotatable bonds is 4. The molecule has 0 saturated heterocycles. The second-order valence-corrected chi connectivity index (χ2v) is 7.14. The Labute approximate surface area is 171 Å². The van der Waals surface area contributed by atoms with Gasteiger partial charge in [-0.25, -0.2) is 4.39 Å². The van der Waals surface area contributed by atoms with Crippen molar-refractivity contribution >= 4 is 17.4 Å². The molecule has 2 N–H and O–H groups in total. The molecule has 1 aromatic heterocycles. The summed E-state index contributed by atoms with van der Waals surface area (Å²) in [5, 5.41) is 2.38. The molecule has 0 radical (unpaired) electrons. The van der Waals surface area contributed by atoms with E-state index in [9.17, 15) is 18.8 Å². The number of hydrogen-bond acceptors (Lipinski definition) is 4. The number of carbonyl (C=O) groups excluding carboxylic acids is 2. The van der Waals surface area contributed by atoms with E-state index in [1.165, 1.54) is 24.3 Å². The molecule has 1 heterocycles. The number of halogens is 1. The van der Waals surface area contributed by atoms with Gasteiger partial charge in [0.2, 0.25) is 0 Å². The van der Waals surface area contributed by atoms with Crippen molar-refractivity contribution in [3.8, 4) is 5.75 Å². The lowest BCUT2D eigenvalue weighted by Crippen LogP contribution is -2.29. The van der Waals surface area contributed by atoms with Crippen LogP contribution in [0.3, 0.4) is 0 Å². The van der Waals surface area contributed by atoms with Gasteiger partial charge in [0.05, 0.1) is 12.8 Å². The molecule has 1 unspecified atom stereocenters. The Morgan fingerprint density at radius 2 is 1.83 bits per heavy atom. The minimum atomic E-state index is -0.769. The molecule has 3 aromatic rings. The Bertz CT molecular complexity index is 1180. The van der Waals surface area contributed by atoms with Crippen LogP contribution in [0.1, 0.15) is 44.3 Å². The van der Waals surface area contributed by atoms with Crippen LogP contribution in [0.15, 0.2) is 59.4 Å². The van der Waals surface area contributed by atoms with E-state index in [1.54, 1.807) is 13.2 Å². The van der Waals surface area contributed by atoms with Gasteiger partial charge in [0.1, 0.15) is 17.1 Å². The molecule has 1 amide bonds. The van der Waals surface area contributed by atoms with Crippen LogP contribution in [0.5, 0.6) is 5.75 Å². The van der Waals surface area contributed by atoms with Gasteiger partial charge in [0.15, 0.2) is 5.78 Å². The van der Waals surface area contributed by atoms with Gasteiger partial charge in [0.25, 0.3) is 11.5 Å². The van der Waals surface area contributed by atoms with Crippen LogP contribution in [0.2, 0.25) is 0 Å². The van der Waals surface area contributed by atoms with E-state index in [1.807, 2.05) is 24.3 Å². The average molecular weight is 406 g/mol. The maximum absolute atomic E-state index is 13.8. The number of pyridine rings is 1. The van der Waals surface area contributed by atoms with Crippen LogP contribution in [0.4, 0.5) is 10.1 Å². The molecule has 1 aliphatic rings. The normalized spacial score (nSPS) is 15.4. The molecule has 152 valence electrons. The predicted octanol–water partition coefficient (Wildman–Crippen LogP) is 3.69. The van der Waals surface area contributed by atoms with E-state index in [2.05, 4.69) is 10.3 Å². The Morgan fingerprint density at radius 3 is 2.53 bits per heavy atom. The summed E-state index contributed by atoms with van der Waals surface area (Å²) in [6, 6.07) is 14.4. The number of aromatic nitrogens is 1. The van der Waals surface area contributed by atoms with Crippen molar-refractivity contribution in [2.24, 2.45) is 0 Å². The predicted molar refractivity (Wildman–Crippen MR) is 110 cm³/mol. The highest BCUT2D eigenvalue weighted by Gasteiger charge is 2.29. The van der Waals surface area contributed by atoms with E-state index in [4.69, 9.17) is 4.74 Å². The maximum Gasteiger partial charge on any atom is 0.261 e. The van der Waals surface area contributed by atoms with E-state index < -0.39 is 17.3 Å². The fourth-order valence-electron chi connectivity index (χ4n) is 3.66. The lowest BCUT2D eigenvalue weighted by atomic mass is 9.81. The summed E-state index contributed by atoms with van der Waals surface area (Å²) in [5.74, 6) is -0.897. The van der Waals surface area contributed by atoms with Crippen molar-refractivity contribution in [2.45, 2.75) is 18.8 Å². The van der Waals surface area contributed by atoms with Crippen LogP contribution in [0.25, 0.3) is 0 Å². The van der Waals surface area contributed by atoms with Gasteiger partial charge in [-0.2, -0.15) is 0 Å². The zero-order valence-corrected chi connectivity index (χ0v) is 16.2. The number of aromatic amines is 1. The van der Waals surface area contributed by atoms with E-state index >= 15 is 0 Å². The second kappa shape index (κ2) is 7.94. The fraction of sp³-hybridized carbons (Fsp3) is 0.174. The molecular formula is C23H19FN2O4. The third-order valence-electron chi connectivity index (χ3n) is 5.26. The van der Waals surface area contributed by atoms with Gasteiger partial charge in [-0.3, -0.25) is 14.4 Å².